The minimum Gasteiger partial charge on any atom is -0.464 e. The first kappa shape index (κ1) is 28.9. The molecule has 3 rings (SSSR count). The lowest BCUT2D eigenvalue weighted by atomic mass is 10.2. The van der Waals surface area contributed by atoms with E-state index in [1.165, 1.54) is 0 Å². The molecule has 0 aliphatic carbocycles. The standard InChI is InChI=1S/C27H28ClN2O7P/c1-2-35-25(32)19-37-38(34,23-11-7-4-8-12-23)26(21-13-15-22(28)16-14-21)30-24(31)17-29-27(33)36-18-20-9-5-3-6-10-20/h3-16,26H,2,17-19H2,1H3,(H,29,33)(H,30,31). The number of halogens is 1. The zero-order chi connectivity index (χ0) is 27.4. The second-order valence-corrected chi connectivity index (χ2v) is 10.9. The first-order chi connectivity index (χ1) is 18.3. The Morgan fingerprint density at radius 2 is 1.53 bits per heavy atom. The van der Waals surface area contributed by atoms with Gasteiger partial charge in [0.2, 0.25) is 5.91 Å². The molecule has 0 spiro atoms. The number of carbonyl (C=O) groups excluding carboxylic acids is 3. The van der Waals surface area contributed by atoms with E-state index in [4.69, 9.17) is 25.6 Å². The highest BCUT2D eigenvalue weighted by Crippen LogP contribution is 2.57. The van der Waals surface area contributed by atoms with Crippen molar-refractivity contribution >= 4 is 42.2 Å². The summed E-state index contributed by atoms with van der Waals surface area (Å²) in [7, 11) is -3.97. The van der Waals surface area contributed by atoms with Crippen molar-refractivity contribution in [2.75, 3.05) is 19.8 Å². The van der Waals surface area contributed by atoms with Crippen LogP contribution < -0.4 is 15.9 Å². The lowest BCUT2D eigenvalue weighted by Crippen LogP contribution is -2.40. The Kier molecular flexibility index (Phi) is 10.9. The predicted molar refractivity (Wildman–Crippen MR) is 143 cm³/mol. The molecule has 2 N–H and O–H groups in total. The Morgan fingerprint density at radius 3 is 2.16 bits per heavy atom. The van der Waals surface area contributed by atoms with E-state index in [0.717, 1.165) is 5.56 Å². The van der Waals surface area contributed by atoms with Crippen molar-refractivity contribution < 1.29 is 32.9 Å². The third-order valence-corrected chi connectivity index (χ3v) is 8.11. The van der Waals surface area contributed by atoms with Gasteiger partial charge in [0.05, 0.1) is 6.61 Å². The van der Waals surface area contributed by atoms with E-state index in [1.807, 2.05) is 18.2 Å². The summed E-state index contributed by atoms with van der Waals surface area (Å²) in [5.74, 6) is -2.56. The van der Waals surface area contributed by atoms with Gasteiger partial charge in [-0.25, -0.2) is 9.59 Å². The number of benzene rings is 3. The van der Waals surface area contributed by atoms with E-state index >= 15 is 0 Å². The van der Waals surface area contributed by atoms with Crippen molar-refractivity contribution in [3.8, 4) is 0 Å². The van der Waals surface area contributed by atoms with E-state index < -0.39 is 44.3 Å². The van der Waals surface area contributed by atoms with Crippen LogP contribution in [0.1, 0.15) is 23.8 Å². The minimum atomic E-state index is -3.97. The van der Waals surface area contributed by atoms with Crippen LogP contribution in [0.2, 0.25) is 5.02 Å². The van der Waals surface area contributed by atoms with Gasteiger partial charge in [-0.2, -0.15) is 0 Å². The lowest BCUT2D eigenvalue weighted by molar-refractivity contribution is -0.145. The monoisotopic (exact) mass is 558 g/mol. The van der Waals surface area contributed by atoms with Crippen LogP contribution in [0, 0.1) is 0 Å². The number of ether oxygens (including phenoxy) is 2. The Balaban J connectivity index is 1.79. The van der Waals surface area contributed by atoms with Gasteiger partial charge in [0.1, 0.15) is 18.9 Å². The van der Waals surface area contributed by atoms with Crippen LogP contribution in [0.15, 0.2) is 84.9 Å². The molecule has 0 saturated carbocycles. The summed E-state index contributed by atoms with van der Waals surface area (Å²) in [5, 5.41) is 5.77. The summed E-state index contributed by atoms with van der Waals surface area (Å²) in [6.07, 6.45) is -0.795. The fourth-order valence-electron chi connectivity index (χ4n) is 3.42. The van der Waals surface area contributed by atoms with E-state index in [9.17, 15) is 18.9 Å². The van der Waals surface area contributed by atoms with Crippen LogP contribution in [0.5, 0.6) is 0 Å². The zero-order valence-corrected chi connectivity index (χ0v) is 22.3. The molecule has 3 aromatic rings. The maximum absolute atomic E-state index is 14.5. The highest BCUT2D eigenvalue weighted by atomic mass is 35.5. The quantitative estimate of drug-likeness (QED) is 0.247. The number of carbonyl (C=O) groups is 3. The van der Waals surface area contributed by atoms with Gasteiger partial charge in [-0.15, -0.1) is 0 Å². The van der Waals surface area contributed by atoms with Gasteiger partial charge in [0.25, 0.3) is 7.37 Å². The second-order valence-electron chi connectivity index (χ2n) is 7.95. The van der Waals surface area contributed by atoms with Gasteiger partial charge < -0.3 is 24.6 Å². The fourth-order valence-corrected chi connectivity index (χ4v) is 5.91. The maximum atomic E-state index is 14.5. The van der Waals surface area contributed by atoms with Crippen LogP contribution in [0.4, 0.5) is 4.79 Å². The second kappa shape index (κ2) is 14.3. The van der Waals surface area contributed by atoms with Crippen LogP contribution in [0.3, 0.4) is 0 Å². The third kappa shape index (κ3) is 8.45. The summed E-state index contributed by atoms with van der Waals surface area (Å²) < 4.78 is 30.2. The van der Waals surface area contributed by atoms with Crippen LogP contribution in [0.25, 0.3) is 0 Å². The topological polar surface area (TPSA) is 120 Å². The number of nitrogens with one attached hydrogen (secondary N) is 2. The van der Waals surface area contributed by atoms with Gasteiger partial charge in [0.15, 0.2) is 6.61 Å². The molecule has 0 aliphatic rings. The smallest absolute Gasteiger partial charge is 0.407 e. The average molecular weight is 559 g/mol. The summed E-state index contributed by atoms with van der Waals surface area (Å²) in [6.45, 7) is 0.755. The molecule has 3 aromatic carbocycles. The van der Waals surface area contributed by atoms with Gasteiger partial charge in [-0.1, -0.05) is 72.3 Å². The molecule has 2 amide bonds. The van der Waals surface area contributed by atoms with Gasteiger partial charge in [-0.3, -0.25) is 9.36 Å². The molecule has 0 saturated heterocycles. The molecule has 200 valence electrons. The summed E-state index contributed by atoms with van der Waals surface area (Å²) in [6, 6.07) is 23.7. The molecule has 9 nitrogen and oxygen atoms in total. The Bertz CT molecular complexity index is 1260. The third-order valence-electron chi connectivity index (χ3n) is 5.23. The zero-order valence-electron chi connectivity index (χ0n) is 20.7. The number of hydrogen-bond donors (Lipinski definition) is 2. The predicted octanol–water partition coefficient (Wildman–Crippen LogP) is 4.56. The number of amides is 2. The molecule has 38 heavy (non-hydrogen) atoms. The Hall–Kier alpha value is -3.65. The number of esters is 1. The Labute approximate surface area is 225 Å². The molecule has 0 bridgehead atoms. The minimum absolute atomic E-state index is 0.0343. The molecular weight excluding hydrogens is 531 g/mol. The summed E-state index contributed by atoms with van der Waals surface area (Å²) in [5.41, 5.74) is 1.21. The van der Waals surface area contributed by atoms with Crippen LogP contribution in [-0.2, 0) is 34.8 Å². The molecule has 2 atom stereocenters. The highest BCUT2D eigenvalue weighted by molar-refractivity contribution is 7.67. The molecule has 0 aromatic heterocycles. The molecule has 2 unspecified atom stereocenters. The van der Waals surface area contributed by atoms with Crippen molar-refractivity contribution in [2.45, 2.75) is 19.3 Å². The van der Waals surface area contributed by atoms with Crippen molar-refractivity contribution in [1.29, 1.82) is 0 Å². The lowest BCUT2D eigenvalue weighted by Gasteiger charge is -2.29. The van der Waals surface area contributed by atoms with Crippen molar-refractivity contribution in [3.05, 3.63) is 101 Å². The average Bonchev–Trinajstić information content (AvgIpc) is 2.94. The van der Waals surface area contributed by atoms with Gasteiger partial charge >= 0.3 is 12.1 Å². The van der Waals surface area contributed by atoms with E-state index in [1.54, 1.807) is 73.7 Å². The van der Waals surface area contributed by atoms with E-state index in [2.05, 4.69) is 10.6 Å². The van der Waals surface area contributed by atoms with Gasteiger partial charge in [0, 0.05) is 10.3 Å². The van der Waals surface area contributed by atoms with E-state index in [-0.39, 0.29) is 18.5 Å². The number of alkyl carbamates (subject to hydrolysis) is 1. The van der Waals surface area contributed by atoms with Gasteiger partial charge in [-0.05, 0) is 42.3 Å². The normalized spacial score (nSPS) is 13.0. The first-order valence-corrected chi connectivity index (χ1v) is 13.8. The molecule has 0 radical (unpaired) electrons. The van der Waals surface area contributed by atoms with Crippen molar-refractivity contribution in [2.24, 2.45) is 0 Å². The molecule has 0 fully saturated rings. The number of hydrogen-bond acceptors (Lipinski definition) is 7. The summed E-state index contributed by atoms with van der Waals surface area (Å²) >= 11 is 6.04. The Morgan fingerprint density at radius 1 is 0.895 bits per heavy atom. The largest absolute Gasteiger partial charge is 0.464 e. The SMILES string of the molecule is CCOC(=O)COP(=O)(c1ccccc1)C(NC(=O)CNC(=O)OCc1ccccc1)c1ccc(Cl)cc1. The highest BCUT2D eigenvalue weighted by Gasteiger charge is 2.39. The van der Waals surface area contributed by atoms with Crippen LogP contribution >= 0.6 is 19.0 Å². The molecule has 11 heteroatoms. The van der Waals surface area contributed by atoms with E-state index in [0.29, 0.717) is 10.6 Å². The molecule has 0 heterocycles. The van der Waals surface area contributed by atoms with Crippen molar-refractivity contribution in [1.82, 2.24) is 10.6 Å². The first-order valence-electron chi connectivity index (χ1n) is 11.8. The summed E-state index contributed by atoms with van der Waals surface area (Å²) in [4.78, 5) is 37.1. The maximum Gasteiger partial charge on any atom is 0.407 e. The number of rotatable bonds is 12. The molecular formula is C27H28ClN2O7P. The molecule has 0 aliphatic heterocycles. The van der Waals surface area contributed by atoms with Crippen molar-refractivity contribution in [3.63, 3.8) is 0 Å². The fraction of sp³-hybridized carbons (Fsp3) is 0.222. The van der Waals surface area contributed by atoms with Crippen LogP contribution in [-0.4, -0.2) is 37.7 Å².